The Morgan fingerprint density at radius 1 is 1.12 bits per heavy atom. The number of hydrogen-bond donors (Lipinski definition) is 0. The fourth-order valence-electron chi connectivity index (χ4n) is 2.34. The summed E-state index contributed by atoms with van der Waals surface area (Å²) in [7, 11) is 3.39. The Labute approximate surface area is 141 Å². The van der Waals surface area contributed by atoms with Gasteiger partial charge in [0.05, 0.1) is 19.1 Å². The predicted molar refractivity (Wildman–Crippen MR) is 93.4 cm³/mol. The average Bonchev–Trinajstić information content (AvgIpc) is 2.55. The van der Waals surface area contributed by atoms with Crippen LogP contribution in [0.1, 0.15) is 23.6 Å². The molecule has 0 fully saturated rings. The van der Waals surface area contributed by atoms with Gasteiger partial charge >= 0.3 is 0 Å². The lowest BCUT2D eigenvalue weighted by Gasteiger charge is -2.12. The minimum Gasteiger partial charge on any atom is -0.497 e. The zero-order valence-corrected chi connectivity index (χ0v) is 14.4. The van der Waals surface area contributed by atoms with E-state index in [1.54, 1.807) is 12.4 Å². The van der Waals surface area contributed by atoms with Crippen molar-refractivity contribution in [2.24, 2.45) is 4.99 Å². The molecule has 2 aromatic rings. The first kappa shape index (κ1) is 17.9. The maximum Gasteiger partial charge on any atom is 0.127 e. The van der Waals surface area contributed by atoms with Crippen molar-refractivity contribution in [1.29, 1.82) is 0 Å². The van der Waals surface area contributed by atoms with E-state index in [1.165, 1.54) is 31.4 Å². The Balaban J connectivity index is 2.35. The summed E-state index contributed by atoms with van der Waals surface area (Å²) >= 11 is 0. The summed E-state index contributed by atoms with van der Waals surface area (Å²) in [6, 6.07) is 7.38. The number of methoxy groups -OCH3 is 1. The van der Waals surface area contributed by atoms with Crippen LogP contribution in [0.5, 0.6) is 5.75 Å². The number of aliphatic imine (C=N–C) groups is 1. The molecule has 0 aliphatic carbocycles. The van der Waals surface area contributed by atoms with E-state index in [2.05, 4.69) is 4.99 Å². The van der Waals surface area contributed by atoms with Gasteiger partial charge in [0.25, 0.3) is 0 Å². The highest BCUT2D eigenvalue weighted by Crippen LogP contribution is 2.27. The molecule has 0 unspecified atom stereocenters. The minimum absolute atomic E-state index is 0.356. The molecule has 0 amide bonds. The van der Waals surface area contributed by atoms with Crippen LogP contribution in [0.4, 0.5) is 14.5 Å². The topological polar surface area (TPSA) is 24.8 Å². The Bertz CT molecular complexity index is 744. The first-order valence-electron chi connectivity index (χ1n) is 7.79. The molecule has 5 heteroatoms. The van der Waals surface area contributed by atoms with Gasteiger partial charge in [-0.1, -0.05) is 0 Å². The van der Waals surface area contributed by atoms with Crippen LogP contribution in [-0.2, 0) is 6.42 Å². The van der Waals surface area contributed by atoms with Crippen molar-refractivity contribution in [3.05, 3.63) is 58.7 Å². The molecule has 0 saturated carbocycles. The van der Waals surface area contributed by atoms with E-state index in [4.69, 9.17) is 4.74 Å². The Hall–Kier alpha value is -2.43. The second-order valence-electron chi connectivity index (χ2n) is 5.70. The minimum atomic E-state index is -0.374. The second-order valence-corrected chi connectivity index (χ2v) is 5.70. The van der Waals surface area contributed by atoms with Crippen LogP contribution in [0.2, 0.25) is 0 Å². The zero-order valence-electron chi connectivity index (χ0n) is 14.4. The summed E-state index contributed by atoms with van der Waals surface area (Å²) in [4.78, 5) is 6.26. The Morgan fingerprint density at radius 2 is 1.83 bits per heavy atom. The van der Waals surface area contributed by atoms with Crippen LogP contribution in [0.3, 0.4) is 0 Å². The molecule has 0 N–H and O–H groups in total. The summed E-state index contributed by atoms with van der Waals surface area (Å²) < 4.78 is 32.7. The molecule has 3 nitrogen and oxygen atoms in total. The summed E-state index contributed by atoms with van der Waals surface area (Å²) in [6.45, 7) is 4.71. The lowest BCUT2D eigenvalue weighted by atomic mass is 9.99. The van der Waals surface area contributed by atoms with Crippen molar-refractivity contribution in [1.82, 2.24) is 4.90 Å². The first-order chi connectivity index (χ1) is 11.4. The van der Waals surface area contributed by atoms with E-state index in [1.807, 2.05) is 25.8 Å². The standard InChI is InChI=1S/C19H22F2N2O/c1-5-23(3)12-22-19-11-17(21)9-15(13(19)2)6-14-7-16(20)10-18(8-14)24-4/h7-12H,5-6H2,1-4H3/b22-12+. The third-order valence-electron chi connectivity index (χ3n) is 3.91. The van der Waals surface area contributed by atoms with Gasteiger partial charge in [-0.25, -0.2) is 13.8 Å². The molecule has 0 radical (unpaired) electrons. The second kappa shape index (κ2) is 7.90. The lowest BCUT2D eigenvalue weighted by molar-refractivity contribution is 0.410. The molecule has 0 aliphatic rings. The summed E-state index contributed by atoms with van der Waals surface area (Å²) in [6.07, 6.45) is 2.08. The monoisotopic (exact) mass is 332 g/mol. The van der Waals surface area contributed by atoms with Gasteiger partial charge in [-0.05, 0) is 61.2 Å². The van der Waals surface area contributed by atoms with Crippen LogP contribution in [0.25, 0.3) is 0 Å². The molecule has 0 heterocycles. The molecule has 2 rings (SSSR count). The average molecular weight is 332 g/mol. The summed E-state index contributed by atoms with van der Waals surface area (Å²) in [5, 5.41) is 0. The zero-order chi connectivity index (χ0) is 17.7. The van der Waals surface area contributed by atoms with E-state index in [9.17, 15) is 8.78 Å². The van der Waals surface area contributed by atoms with Gasteiger partial charge in [0.2, 0.25) is 0 Å². The highest BCUT2D eigenvalue weighted by atomic mass is 19.1. The van der Waals surface area contributed by atoms with Gasteiger partial charge in [0.1, 0.15) is 17.4 Å². The normalized spacial score (nSPS) is 11.1. The Morgan fingerprint density at radius 3 is 2.50 bits per heavy atom. The van der Waals surface area contributed by atoms with Crippen LogP contribution in [0.15, 0.2) is 35.3 Å². The number of rotatable bonds is 6. The van der Waals surface area contributed by atoms with E-state index >= 15 is 0 Å². The number of ether oxygens (including phenoxy) is 1. The quantitative estimate of drug-likeness (QED) is 0.575. The van der Waals surface area contributed by atoms with Gasteiger partial charge in [-0.3, -0.25) is 0 Å². The van der Waals surface area contributed by atoms with Gasteiger partial charge in [0.15, 0.2) is 0 Å². The summed E-state index contributed by atoms with van der Waals surface area (Å²) in [5.41, 5.74) is 2.95. The Kier molecular flexibility index (Phi) is 5.90. The highest BCUT2D eigenvalue weighted by Gasteiger charge is 2.10. The van der Waals surface area contributed by atoms with Crippen LogP contribution in [0, 0.1) is 18.6 Å². The van der Waals surface area contributed by atoms with Crippen molar-refractivity contribution >= 4 is 12.0 Å². The third-order valence-corrected chi connectivity index (χ3v) is 3.91. The highest BCUT2D eigenvalue weighted by molar-refractivity contribution is 5.64. The van der Waals surface area contributed by atoms with Crippen LogP contribution >= 0.6 is 0 Å². The number of nitrogens with zero attached hydrogens (tertiary/aromatic N) is 2. The number of halogens is 2. The van der Waals surface area contributed by atoms with E-state index < -0.39 is 0 Å². The maximum absolute atomic E-state index is 14.0. The van der Waals surface area contributed by atoms with Crippen LogP contribution in [-0.4, -0.2) is 31.9 Å². The molecule has 0 saturated heterocycles. The van der Waals surface area contributed by atoms with Crippen molar-refractivity contribution in [2.45, 2.75) is 20.3 Å². The molecule has 0 aliphatic heterocycles. The fourth-order valence-corrected chi connectivity index (χ4v) is 2.34. The van der Waals surface area contributed by atoms with Gasteiger partial charge < -0.3 is 9.64 Å². The molecule has 24 heavy (non-hydrogen) atoms. The predicted octanol–water partition coefficient (Wildman–Crippen LogP) is 4.48. The summed E-state index contributed by atoms with van der Waals surface area (Å²) in [5.74, 6) is -0.284. The largest absolute Gasteiger partial charge is 0.497 e. The molecular weight excluding hydrogens is 310 g/mol. The van der Waals surface area contributed by atoms with Gasteiger partial charge in [0, 0.05) is 19.7 Å². The molecule has 0 atom stereocenters. The number of benzene rings is 2. The molecule has 0 aromatic heterocycles. The third kappa shape index (κ3) is 4.54. The van der Waals surface area contributed by atoms with E-state index in [0.29, 0.717) is 17.9 Å². The molecular formula is C19H22F2N2O. The molecule has 0 spiro atoms. The van der Waals surface area contributed by atoms with E-state index in [-0.39, 0.29) is 11.6 Å². The SMILES string of the molecule is CCN(C)/C=N/c1cc(F)cc(Cc2cc(F)cc(OC)c2)c1C. The van der Waals surface area contributed by atoms with Crippen molar-refractivity contribution < 1.29 is 13.5 Å². The van der Waals surface area contributed by atoms with Crippen molar-refractivity contribution in [3.8, 4) is 5.75 Å². The van der Waals surface area contributed by atoms with Crippen molar-refractivity contribution in [3.63, 3.8) is 0 Å². The molecule has 2 aromatic carbocycles. The lowest BCUT2D eigenvalue weighted by Crippen LogP contribution is -2.14. The number of hydrogen-bond acceptors (Lipinski definition) is 2. The molecule has 0 bridgehead atoms. The van der Waals surface area contributed by atoms with Gasteiger partial charge in [-0.15, -0.1) is 0 Å². The van der Waals surface area contributed by atoms with Crippen LogP contribution < -0.4 is 4.74 Å². The maximum atomic E-state index is 14.0. The smallest absolute Gasteiger partial charge is 0.127 e. The van der Waals surface area contributed by atoms with E-state index in [0.717, 1.165) is 23.2 Å². The first-order valence-corrected chi connectivity index (χ1v) is 7.79. The fraction of sp³-hybridized carbons (Fsp3) is 0.316. The van der Waals surface area contributed by atoms with Gasteiger partial charge in [-0.2, -0.15) is 0 Å². The molecule has 128 valence electrons. The van der Waals surface area contributed by atoms with Crippen molar-refractivity contribution in [2.75, 3.05) is 20.7 Å².